The molecule has 0 aromatic rings. The van der Waals surface area contributed by atoms with E-state index < -0.39 is 0 Å². The molecule has 2 heterocycles. The monoisotopic (exact) mass is 197 g/mol. The molecule has 1 amide bonds. The number of carbonyl (C=O) groups excluding carboxylic acids is 2. The number of hydrogen-bond donors (Lipinski definition) is 0. The lowest BCUT2D eigenvalue weighted by molar-refractivity contribution is -0.138. The zero-order valence-electron chi connectivity index (χ0n) is 9.08. The summed E-state index contributed by atoms with van der Waals surface area (Å²) in [7, 11) is 0. The van der Waals surface area contributed by atoms with E-state index in [1.54, 1.807) is 0 Å². The minimum absolute atomic E-state index is 0.245. The van der Waals surface area contributed by atoms with Gasteiger partial charge < -0.3 is 9.69 Å². The Morgan fingerprint density at radius 3 is 2.50 bits per heavy atom. The van der Waals surface area contributed by atoms with E-state index >= 15 is 0 Å². The molecule has 0 bridgehead atoms. The largest absolute Gasteiger partial charge is 0.337 e. The van der Waals surface area contributed by atoms with Gasteiger partial charge in [0.15, 0.2) is 0 Å². The van der Waals surface area contributed by atoms with Crippen LogP contribution in [0.5, 0.6) is 0 Å². The minimum atomic E-state index is 0.245. The van der Waals surface area contributed by atoms with E-state index in [1.165, 1.54) is 26.2 Å². The quantitative estimate of drug-likeness (QED) is 0.555. The molecule has 2 aliphatic rings. The van der Waals surface area contributed by atoms with Gasteiger partial charge in [-0.1, -0.05) is 0 Å². The van der Waals surface area contributed by atoms with Crippen LogP contribution in [0.3, 0.4) is 0 Å². The molecule has 0 aromatic carbocycles. The van der Waals surface area contributed by atoms with E-state index in [0.29, 0.717) is 5.91 Å². The molecular formula is C11H19NO2. The fraction of sp³-hybridized carbons (Fsp3) is 0.818. The van der Waals surface area contributed by atoms with Gasteiger partial charge in [0.1, 0.15) is 6.29 Å². The molecule has 80 valence electrons. The number of amides is 1. The van der Waals surface area contributed by atoms with Crippen LogP contribution in [-0.4, -0.2) is 29.2 Å². The van der Waals surface area contributed by atoms with Gasteiger partial charge in [0.25, 0.3) is 0 Å². The maximum atomic E-state index is 11.4. The van der Waals surface area contributed by atoms with E-state index in [2.05, 4.69) is 11.8 Å². The number of rotatable bonds is 0. The van der Waals surface area contributed by atoms with Crippen LogP contribution in [0.4, 0.5) is 0 Å². The van der Waals surface area contributed by atoms with Crippen LogP contribution in [0.2, 0.25) is 0 Å². The predicted octanol–water partition coefficient (Wildman–Crippen LogP) is 1.76. The van der Waals surface area contributed by atoms with Crippen LogP contribution in [0, 0.1) is 0 Å². The fourth-order valence-electron chi connectivity index (χ4n) is 2.46. The molecule has 0 aliphatic carbocycles. The van der Waals surface area contributed by atoms with Crippen molar-refractivity contribution in [2.24, 2.45) is 0 Å². The molecule has 2 fully saturated rings. The summed E-state index contributed by atoms with van der Waals surface area (Å²) in [6.45, 7) is 4.69. The summed E-state index contributed by atoms with van der Waals surface area (Å²) in [6.07, 6.45) is 6.29. The Morgan fingerprint density at radius 2 is 1.93 bits per heavy atom. The Balaban J connectivity index is 0.000000293. The molecule has 1 unspecified atom stereocenters. The molecule has 3 nitrogen and oxygen atoms in total. The van der Waals surface area contributed by atoms with E-state index in [4.69, 9.17) is 4.79 Å². The first-order valence-corrected chi connectivity index (χ1v) is 5.34. The average molecular weight is 197 g/mol. The maximum absolute atomic E-state index is 11.4. The highest BCUT2D eigenvalue weighted by molar-refractivity contribution is 5.78. The highest BCUT2D eigenvalue weighted by Gasteiger charge is 2.41. The molecule has 3 heteroatoms. The molecule has 0 spiro atoms. The summed E-state index contributed by atoms with van der Waals surface area (Å²) in [6, 6.07) is 0. The van der Waals surface area contributed by atoms with Crippen LogP contribution < -0.4 is 0 Å². The van der Waals surface area contributed by atoms with Crippen LogP contribution in [-0.2, 0) is 9.59 Å². The second kappa shape index (κ2) is 4.58. The van der Waals surface area contributed by atoms with E-state index in [0.717, 1.165) is 25.7 Å². The Bertz CT molecular complexity index is 227. The zero-order chi connectivity index (χ0) is 10.6. The van der Waals surface area contributed by atoms with Crippen molar-refractivity contribution in [1.82, 2.24) is 4.90 Å². The molecule has 14 heavy (non-hydrogen) atoms. The highest BCUT2D eigenvalue weighted by atomic mass is 16.2. The van der Waals surface area contributed by atoms with Gasteiger partial charge in [0.05, 0.1) is 0 Å². The molecule has 0 radical (unpaired) electrons. The first-order valence-electron chi connectivity index (χ1n) is 5.34. The Kier molecular flexibility index (Phi) is 3.67. The first kappa shape index (κ1) is 11.2. The normalized spacial score (nSPS) is 30.4. The summed E-state index contributed by atoms with van der Waals surface area (Å²) in [5.41, 5.74) is 0.245. The van der Waals surface area contributed by atoms with Gasteiger partial charge in [-0.3, -0.25) is 4.79 Å². The smallest absolute Gasteiger partial charge is 0.223 e. The van der Waals surface area contributed by atoms with Crippen molar-refractivity contribution >= 4 is 12.2 Å². The van der Waals surface area contributed by atoms with Gasteiger partial charge in [0.2, 0.25) is 5.91 Å². The van der Waals surface area contributed by atoms with Crippen molar-refractivity contribution in [3.63, 3.8) is 0 Å². The number of aldehydes is 1. The van der Waals surface area contributed by atoms with Gasteiger partial charge in [0, 0.05) is 18.5 Å². The summed E-state index contributed by atoms with van der Waals surface area (Å²) in [5, 5.41) is 0. The zero-order valence-corrected chi connectivity index (χ0v) is 9.08. The van der Waals surface area contributed by atoms with E-state index in [-0.39, 0.29) is 5.54 Å². The highest BCUT2D eigenvalue weighted by Crippen LogP contribution is 2.37. The fourth-order valence-corrected chi connectivity index (χ4v) is 2.46. The first-order chi connectivity index (χ1) is 6.64. The van der Waals surface area contributed by atoms with Crippen molar-refractivity contribution in [3.05, 3.63) is 0 Å². The van der Waals surface area contributed by atoms with Gasteiger partial charge in [-0.05, 0) is 39.5 Å². The lowest BCUT2D eigenvalue weighted by Gasteiger charge is -2.39. The molecule has 2 aliphatic heterocycles. The van der Waals surface area contributed by atoms with Crippen molar-refractivity contribution in [2.75, 3.05) is 6.54 Å². The molecule has 2 saturated heterocycles. The molecule has 0 aromatic heterocycles. The van der Waals surface area contributed by atoms with Crippen LogP contribution in [0.25, 0.3) is 0 Å². The Hall–Kier alpha value is -0.860. The third-order valence-electron chi connectivity index (χ3n) is 3.16. The van der Waals surface area contributed by atoms with Crippen molar-refractivity contribution in [3.8, 4) is 0 Å². The summed E-state index contributed by atoms with van der Waals surface area (Å²) >= 11 is 0. The van der Waals surface area contributed by atoms with Gasteiger partial charge in [-0.15, -0.1) is 0 Å². The van der Waals surface area contributed by atoms with Crippen molar-refractivity contribution in [2.45, 2.75) is 51.5 Å². The molecular weight excluding hydrogens is 178 g/mol. The summed E-state index contributed by atoms with van der Waals surface area (Å²) in [5.74, 6) is 0.385. The Morgan fingerprint density at radius 1 is 1.36 bits per heavy atom. The molecule has 2 rings (SSSR count). The third kappa shape index (κ3) is 2.14. The number of nitrogens with zero attached hydrogens (tertiary/aromatic N) is 1. The van der Waals surface area contributed by atoms with Crippen LogP contribution >= 0.6 is 0 Å². The second-order valence-corrected chi connectivity index (χ2v) is 4.24. The minimum Gasteiger partial charge on any atom is -0.337 e. The third-order valence-corrected chi connectivity index (χ3v) is 3.16. The lowest BCUT2D eigenvalue weighted by atomic mass is 9.88. The van der Waals surface area contributed by atoms with E-state index in [9.17, 15) is 4.79 Å². The molecule has 0 saturated carbocycles. The Labute approximate surface area is 85.5 Å². The molecule has 0 N–H and O–H groups in total. The lowest BCUT2D eigenvalue weighted by Crippen LogP contribution is -2.47. The number of fused-ring (bicyclic) bond motifs is 1. The topological polar surface area (TPSA) is 37.4 Å². The SMILES string of the molecule is CC12CCCC(=O)N1CCC2.CC=O. The van der Waals surface area contributed by atoms with Crippen LogP contribution in [0.15, 0.2) is 0 Å². The van der Waals surface area contributed by atoms with Gasteiger partial charge in [-0.25, -0.2) is 0 Å². The number of hydrogen-bond acceptors (Lipinski definition) is 2. The summed E-state index contributed by atoms with van der Waals surface area (Å²) in [4.78, 5) is 22.3. The number of piperidine rings is 1. The predicted molar refractivity (Wildman–Crippen MR) is 54.9 cm³/mol. The van der Waals surface area contributed by atoms with E-state index in [1.807, 2.05) is 0 Å². The van der Waals surface area contributed by atoms with Gasteiger partial charge in [-0.2, -0.15) is 0 Å². The summed E-state index contributed by atoms with van der Waals surface area (Å²) < 4.78 is 0. The van der Waals surface area contributed by atoms with Gasteiger partial charge >= 0.3 is 0 Å². The maximum Gasteiger partial charge on any atom is 0.223 e. The number of carbonyl (C=O) groups is 2. The van der Waals surface area contributed by atoms with Crippen molar-refractivity contribution < 1.29 is 9.59 Å². The second-order valence-electron chi connectivity index (χ2n) is 4.24. The van der Waals surface area contributed by atoms with Crippen LogP contribution in [0.1, 0.15) is 46.0 Å². The average Bonchev–Trinajstić information content (AvgIpc) is 2.49. The molecule has 1 atom stereocenters. The standard InChI is InChI=1S/C9H15NO.C2H4O/c1-9-5-2-4-8(11)10(9)7-3-6-9;1-2-3/h2-7H2,1H3;2H,1H3. The van der Waals surface area contributed by atoms with Crippen molar-refractivity contribution in [1.29, 1.82) is 0 Å².